The molecule has 0 aliphatic heterocycles. The first-order valence-corrected chi connectivity index (χ1v) is 9.81. The first-order chi connectivity index (χ1) is 13.6. The number of halogens is 4. The number of hydrogen-bond acceptors (Lipinski definition) is 5. The van der Waals surface area contributed by atoms with Crippen LogP contribution >= 0.6 is 19.9 Å². The van der Waals surface area contributed by atoms with Gasteiger partial charge in [0.15, 0.2) is 0 Å². The maximum atomic E-state index is 12.7. The molecule has 0 atom stereocenters. The number of nitro benzene ring substituents is 1. The fraction of sp³-hybridized carbons (Fsp3) is 0.294. The molecule has 8 nitrogen and oxygen atoms in total. The number of benzene rings is 2. The van der Waals surface area contributed by atoms with Crippen molar-refractivity contribution in [1.82, 2.24) is 0 Å². The summed E-state index contributed by atoms with van der Waals surface area (Å²) < 4.78 is 52.3. The van der Waals surface area contributed by atoms with Crippen LogP contribution < -0.4 is 10.1 Å². The van der Waals surface area contributed by atoms with Gasteiger partial charge in [-0.25, -0.2) is 0 Å². The van der Waals surface area contributed by atoms with Crippen LogP contribution in [-0.2, 0) is 10.7 Å². The first kappa shape index (κ1) is 25.7. The predicted molar refractivity (Wildman–Crippen MR) is 106 cm³/mol. The maximum absolute atomic E-state index is 12.7. The average Bonchev–Trinajstić information content (AvgIpc) is 2.53. The van der Waals surface area contributed by atoms with Crippen LogP contribution in [0.5, 0.6) is 11.5 Å². The zero-order valence-corrected chi connectivity index (χ0v) is 17.7. The van der Waals surface area contributed by atoms with Crippen LogP contribution in [0, 0.1) is 10.1 Å². The van der Waals surface area contributed by atoms with E-state index in [1.54, 1.807) is 0 Å². The number of anilines is 1. The van der Waals surface area contributed by atoms with Crippen molar-refractivity contribution >= 4 is 31.2 Å². The molecule has 3 N–H and O–H groups in total. The maximum Gasteiger partial charge on any atom is 0.416 e. The predicted octanol–water partition coefficient (Wildman–Crippen LogP) is 5.63. The fourth-order valence-corrected chi connectivity index (χ4v) is 2.35. The van der Waals surface area contributed by atoms with Crippen molar-refractivity contribution < 1.29 is 37.2 Å². The van der Waals surface area contributed by atoms with Crippen molar-refractivity contribution in [2.45, 2.75) is 32.5 Å². The van der Waals surface area contributed by atoms with E-state index in [1.165, 1.54) is 18.2 Å². The minimum Gasteiger partial charge on any atom is -0.456 e. The van der Waals surface area contributed by atoms with E-state index in [0.717, 1.165) is 18.2 Å². The first-order valence-electron chi connectivity index (χ1n) is 8.13. The number of nitro groups is 1. The number of alkyl halides is 3. The van der Waals surface area contributed by atoms with Gasteiger partial charge in [0.1, 0.15) is 17.2 Å². The summed E-state index contributed by atoms with van der Waals surface area (Å²) in [5, 5.41) is 13.9. The summed E-state index contributed by atoms with van der Waals surface area (Å²) in [6.45, 7) is 5.49. The molecule has 0 spiro atoms. The Morgan fingerprint density at radius 1 is 1.13 bits per heavy atom. The van der Waals surface area contributed by atoms with Crippen LogP contribution in [0.15, 0.2) is 36.4 Å². The molecule has 13 heteroatoms. The Morgan fingerprint density at radius 2 is 1.70 bits per heavy atom. The molecule has 0 heterocycles. The Kier molecular flexibility index (Phi) is 8.67. The second kappa shape index (κ2) is 10.1. The lowest BCUT2D eigenvalue weighted by molar-refractivity contribution is -0.384. The minimum absolute atomic E-state index is 0.00947. The molecular formula is C17H19ClF3N2O6P. The van der Waals surface area contributed by atoms with Gasteiger partial charge in [-0.3, -0.25) is 14.7 Å². The lowest BCUT2D eigenvalue weighted by Gasteiger charge is -2.22. The van der Waals surface area contributed by atoms with Crippen LogP contribution in [-0.4, -0.2) is 20.2 Å². The molecule has 0 aliphatic rings. The zero-order chi connectivity index (χ0) is 23.3. The lowest BCUT2D eigenvalue weighted by atomic mass is 10.1. The molecule has 0 amide bonds. The largest absolute Gasteiger partial charge is 0.456 e. The van der Waals surface area contributed by atoms with Gasteiger partial charge >= 0.3 is 14.4 Å². The van der Waals surface area contributed by atoms with E-state index in [0.29, 0.717) is 0 Å². The molecule has 0 fully saturated rings. The molecule has 0 radical (unpaired) electrons. The molecular weight excluding hydrogens is 452 g/mol. The van der Waals surface area contributed by atoms with Crippen molar-refractivity contribution in [3.8, 4) is 11.5 Å². The van der Waals surface area contributed by atoms with Gasteiger partial charge in [0.25, 0.3) is 5.69 Å². The highest BCUT2D eigenvalue weighted by Gasteiger charge is 2.31. The monoisotopic (exact) mass is 470 g/mol. The van der Waals surface area contributed by atoms with Gasteiger partial charge < -0.3 is 19.8 Å². The Labute approximate surface area is 175 Å². The fourth-order valence-electron chi connectivity index (χ4n) is 2.13. The molecule has 0 unspecified atom stereocenters. The Balaban J connectivity index is 0.00000103. The summed E-state index contributed by atoms with van der Waals surface area (Å²) in [7, 11) is -3.13. The highest BCUT2D eigenvalue weighted by atomic mass is 35.5. The number of ether oxygens (including phenoxy) is 1. The number of nitrogens with one attached hydrogen (secondary N) is 1. The summed E-state index contributed by atoms with van der Waals surface area (Å²) in [5.41, 5.74) is -1.27. The minimum atomic E-state index is -4.51. The van der Waals surface area contributed by atoms with Gasteiger partial charge in [-0.05, 0) is 45.0 Å². The zero-order valence-electron chi connectivity index (χ0n) is 16.0. The normalized spacial score (nSPS) is 11.5. The molecule has 2 aromatic rings. The number of nitrogens with zero attached hydrogens (tertiary/aromatic N) is 1. The van der Waals surface area contributed by atoms with E-state index in [9.17, 15) is 23.3 Å². The summed E-state index contributed by atoms with van der Waals surface area (Å²) in [5.74, 6) is 0.208. The summed E-state index contributed by atoms with van der Waals surface area (Å²) in [6, 6.07) is 6.71. The second-order valence-electron chi connectivity index (χ2n) is 6.84. The second-order valence-corrected chi connectivity index (χ2v) is 7.81. The van der Waals surface area contributed by atoms with Crippen LogP contribution in [0.2, 0.25) is 5.02 Å². The van der Waals surface area contributed by atoms with Gasteiger partial charge in [0, 0.05) is 17.7 Å². The quantitative estimate of drug-likeness (QED) is 0.300. The van der Waals surface area contributed by atoms with Gasteiger partial charge in [-0.2, -0.15) is 13.2 Å². The van der Waals surface area contributed by atoms with E-state index in [1.807, 2.05) is 20.8 Å². The molecule has 0 saturated heterocycles. The van der Waals surface area contributed by atoms with Crippen LogP contribution in [0.25, 0.3) is 0 Å². The Bertz CT molecular complexity index is 931. The molecule has 30 heavy (non-hydrogen) atoms. The van der Waals surface area contributed by atoms with Gasteiger partial charge in [-0.1, -0.05) is 11.6 Å². The Hall–Kier alpha value is -2.33. The van der Waals surface area contributed by atoms with E-state index in [2.05, 4.69) is 5.32 Å². The van der Waals surface area contributed by atoms with E-state index in [4.69, 9.17) is 30.7 Å². The van der Waals surface area contributed by atoms with E-state index >= 15 is 0 Å². The van der Waals surface area contributed by atoms with Crippen molar-refractivity contribution in [1.29, 1.82) is 0 Å². The molecule has 0 saturated carbocycles. The molecule has 0 bridgehead atoms. The van der Waals surface area contributed by atoms with Gasteiger partial charge in [-0.15, -0.1) is 0 Å². The van der Waals surface area contributed by atoms with Gasteiger partial charge in [0.05, 0.1) is 15.5 Å². The molecule has 0 aromatic heterocycles. The van der Waals surface area contributed by atoms with E-state index < -0.39 is 30.5 Å². The highest BCUT2D eigenvalue weighted by Crippen LogP contribution is 2.38. The van der Waals surface area contributed by atoms with Crippen molar-refractivity contribution in [2.75, 3.05) is 5.32 Å². The summed E-state index contributed by atoms with van der Waals surface area (Å²) >= 11 is 5.86. The third-order valence-corrected chi connectivity index (χ3v) is 3.46. The van der Waals surface area contributed by atoms with E-state index in [-0.39, 0.29) is 27.9 Å². The van der Waals surface area contributed by atoms with Crippen molar-refractivity contribution in [3.05, 3.63) is 57.1 Å². The molecule has 2 rings (SSSR count). The third-order valence-electron chi connectivity index (χ3n) is 3.16. The van der Waals surface area contributed by atoms with Crippen LogP contribution in [0.1, 0.15) is 26.3 Å². The summed E-state index contributed by atoms with van der Waals surface area (Å²) in [4.78, 5) is 24.9. The topological polar surface area (TPSA) is 122 Å². The third kappa shape index (κ3) is 8.58. The van der Waals surface area contributed by atoms with Gasteiger partial charge in [0.2, 0.25) is 0 Å². The Morgan fingerprint density at radius 3 is 2.13 bits per heavy atom. The SMILES string of the molecule is CC(C)(C)Nc1cc(Oc2ccc(C(F)(F)F)cc2Cl)ccc1[N+](=O)[O-].O=[PH](O)O. The molecule has 166 valence electrons. The number of rotatable bonds is 4. The molecule has 2 aromatic carbocycles. The standard InChI is InChI=1S/C17H16ClF3N2O3.H3O3P/c1-16(2,3)22-13-9-11(5-6-14(13)23(24)25)26-15-7-4-10(8-12(15)18)17(19,20)21;1-4(2)3/h4-9,22H,1-3H3;4H,(H2,1,2,3). The number of hydrogen-bond donors (Lipinski definition) is 3. The molecule has 0 aliphatic carbocycles. The lowest BCUT2D eigenvalue weighted by Crippen LogP contribution is -2.26. The average molecular weight is 471 g/mol. The summed E-state index contributed by atoms with van der Waals surface area (Å²) in [6.07, 6.45) is -4.51. The smallest absolute Gasteiger partial charge is 0.416 e. The van der Waals surface area contributed by atoms with Crippen LogP contribution in [0.4, 0.5) is 24.5 Å². The van der Waals surface area contributed by atoms with Crippen LogP contribution in [0.3, 0.4) is 0 Å². The van der Waals surface area contributed by atoms with Crippen molar-refractivity contribution in [2.24, 2.45) is 0 Å². The van der Waals surface area contributed by atoms with Crippen molar-refractivity contribution in [3.63, 3.8) is 0 Å². The highest BCUT2D eigenvalue weighted by molar-refractivity contribution is 7.30.